The van der Waals surface area contributed by atoms with E-state index in [2.05, 4.69) is 39.0 Å². The molecule has 1 aliphatic rings. The summed E-state index contributed by atoms with van der Waals surface area (Å²) >= 11 is 0. The van der Waals surface area contributed by atoms with Gasteiger partial charge in [0.05, 0.1) is 5.52 Å². The van der Waals surface area contributed by atoms with Crippen molar-refractivity contribution in [2.24, 2.45) is 0 Å². The number of aromatic nitrogens is 1. The molecule has 1 N–H and O–H groups in total. The fraction of sp³-hybridized carbons (Fsp3) is 0.250. The summed E-state index contributed by atoms with van der Waals surface area (Å²) < 4.78 is 0. The van der Waals surface area contributed by atoms with Crippen molar-refractivity contribution in [1.29, 1.82) is 0 Å². The minimum Gasteiger partial charge on any atom is -0.508 e. The van der Waals surface area contributed by atoms with Gasteiger partial charge in [-0.25, -0.2) is 0 Å². The minimum absolute atomic E-state index is 0.320. The van der Waals surface area contributed by atoms with Crippen LogP contribution in [-0.4, -0.2) is 41.2 Å². The number of anilines is 1. The van der Waals surface area contributed by atoms with Gasteiger partial charge in [0.1, 0.15) is 5.75 Å². The molecule has 1 saturated heterocycles. The maximum atomic E-state index is 9.42. The second-order valence-corrected chi connectivity index (χ2v) is 6.27. The van der Waals surface area contributed by atoms with Crippen LogP contribution in [0.15, 0.2) is 60.8 Å². The number of fused-ring (bicyclic) bond motifs is 1. The fourth-order valence-electron chi connectivity index (χ4n) is 3.36. The number of hydrogen-bond acceptors (Lipinski definition) is 4. The number of aromatic hydroxyl groups is 1. The first-order chi connectivity index (χ1) is 11.8. The molecule has 0 saturated carbocycles. The van der Waals surface area contributed by atoms with Gasteiger partial charge in [0.15, 0.2) is 0 Å². The van der Waals surface area contributed by atoms with Crippen LogP contribution in [-0.2, 0) is 6.54 Å². The second kappa shape index (κ2) is 6.49. The molecule has 4 nitrogen and oxygen atoms in total. The first-order valence-corrected chi connectivity index (χ1v) is 8.38. The van der Waals surface area contributed by atoms with Crippen molar-refractivity contribution in [3.05, 3.63) is 66.4 Å². The first-order valence-electron chi connectivity index (χ1n) is 8.38. The maximum absolute atomic E-state index is 9.42. The summed E-state index contributed by atoms with van der Waals surface area (Å²) in [6, 6.07) is 18.0. The normalized spacial score (nSPS) is 15.8. The van der Waals surface area contributed by atoms with Gasteiger partial charge in [-0.3, -0.25) is 9.88 Å². The highest BCUT2D eigenvalue weighted by Crippen LogP contribution is 2.22. The lowest BCUT2D eigenvalue weighted by atomic mass is 10.1. The molecule has 0 spiro atoms. The van der Waals surface area contributed by atoms with Gasteiger partial charge in [0.25, 0.3) is 0 Å². The average molecular weight is 319 g/mol. The summed E-state index contributed by atoms with van der Waals surface area (Å²) in [6.45, 7) is 5.01. The third kappa shape index (κ3) is 3.05. The number of para-hydroxylation sites is 1. The van der Waals surface area contributed by atoms with Crippen molar-refractivity contribution in [1.82, 2.24) is 9.88 Å². The van der Waals surface area contributed by atoms with E-state index in [1.807, 2.05) is 24.4 Å². The predicted octanol–water partition coefficient (Wildman–Crippen LogP) is 3.26. The van der Waals surface area contributed by atoms with E-state index >= 15 is 0 Å². The average Bonchev–Trinajstić information content (AvgIpc) is 2.63. The van der Waals surface area contributed by atoms with E-state index in [-0.39, 0.29) is 0 Å². The van der Waals surface area contributed by atoms with E-state index in [9.17, 15) is 5.11 Å². The van der Waals surface area contributed by atoms with Crippen LogP contribution in [0.4, 0.5) is 5.69 Å². The highest BCUT2D eigenvalue weighted by atomic mass is 16.3. The molecule has 24 heavy (non-hydrogen) atoms. The molecule has 0 aliphatic carbocycles. The van der Waals surface area contributed by atoms with Crippen LogP contribution in [0.25, 0.3) is 10.9 Å². The molecule has 0 amide bonds. The van der Waals surface area contributed by atoms with Gasteiger partial charge in [-0.05, 0) is 35.9 Å². The standard InChI is InChI=1S/C20H21N3O/c24-19-8-6-18(7-9-19)23-13-11-22(12-14-23)15-17-4-1-3-16-5-2-10-21-20(16)17/h1-10,24H,11-15H2. The van der Waals surface area contributed by atoms with Crippen molar-refractivity contribution in [2.75, 3.05) is 31.1 Å². The highest BCUT2D eigenvalue weighted by molar-refractivity contribution is 5.81. The molecule has 4 rings (SSSR count). The third-order valence-corrected chi connectivity index (χ3v) is 4.70. The molecule has 0 atom stereocenters. The summed E-state index contributed by atoms with van der Waals surface area (Å²) in [4.78, 5) is 9.42. The molecule has 1 aliphatic heterocycles. The van der Waals surface area contributed by atoms with Crippen LogP contribution < -0.4 is 4.90 Å². The maximum Gasteiger partial charge on any atom is 0.115 e. The number of piperazine rings is 1. The number of pyridine rings is 1. The zero-order valence-corrected chi connectivity index (χ0v) is 13.6. The van der Waals surface area contributed by atoms with Crippen LogP contribution in [0.5, 0.6) is 5.75 Å². The molecule has 3 aromatic rings. The Bertz CT molecular complexity index is 818. The van der Waals surface area contributed by atoms with Crippen LogP contribution in [0.3, 0.4) is 0 Å². The Labute approximate surface area is 142 Å². The second-order valence-electron chi connectivity index (χ2n) is 6.27. The molecule has 0 unspecified atom stereocenters. The lowest BCUT2D eigenvalue weighted by Crippen LogP contribution is -2.46. The molecular formula is C20H21N3O. The van der Waals surface area contributed by atoms with Gasteiger partial charge < -0.3 is 10.0 Å². The van der Waals surface area contributed by atoms with Crippen LogP contribution in [0.1, 0.15) is 5.56 Å². The SMILES string of the molecule is Oc1ccc(N2CCN(Cc3cccc4cccnc34)CC2)cc1. The van der Waals surface area contributed by atoms with Crippen molar-refractivity contribution >= 4 is 16.6 Å². The van der Waals surface area contributed by atoms with E-state index in [1.54, 1.807) is 12.1 Å². The summed E-state index contributed by atoms with van der Waals surface area (Å²) in [5.74, 6) is 0.320. The summed E-state index contributed by atoms with van der Waals surface area (Å²) in [5, 5.41) is 10.6. The number of phenols is 1. The minimum atomic E-state index is 0.320. The van der Waals surface area contributed by atoms with Crippen molar-refractivity contribution in [3.63, 3.8) is 0 Å². The third-order valence-electron chi connectivity index (χ3n) is 4.70. The number of rotatable bonds is 3. The van der Waals surface area contributed by atoms with Gasteiger partial charge >= 0.3 is 0 Å². The van der Waals surface area contributed by atoms with Gasteiger partial charge in [-0.15, -0.1) is 0 Å². The Morgan fingerprint density at radius 1 is 0.875 bits per heavy atom. The number of phenolic OH excluding ortho intramolecular Hbond substituents is 1. The first kappa shape index (κ1) is 15.0. The molecule has 4 heteroatoms. The lowest BCUT2D eigenvalue weighted by molar-refractivity contribution is 0.250. The zero-order chi connectivity index (χ0) is 16.4. The van der Waals surface area contributed by atoms with Gasteiger partial charge in [0, 0.05) is 50.0 Å². The number of hydrogen-bond donors (Lipinski definition) is 1. The summed E-state index contributed by atoms with van der Waals surface area (Å²) in [6.07, 6.45) is 1.87. The Kier molecular flexibility index (Phi) is 4.05. The van der Waals surface area contributed by atoms with E-state index in [4.69, 9.17) is 0 Å². The number of nitrogens with zero attached hydrogens (tertiary/aromatic N) is 3. The molecule has 2 heterocycles. The Balaban J connectivity index is 1.43. The van der Waals surface area contributed by atoms with Gasteiger partial charge in [-0.1, -0.05) is 24.3 Å². The monoisotopic (exact) mass is 319 g/mol. The Hall–Kier alpha value is -2.59. The smallest absolute Gasteiger partial charge is 0.115 e. The van der Waals surface area contributed by atoms with E-state index in [1.165, 1.54) is 16.6 Å². The zero-order valence-electron chi connectivity index (χ0n) is 13.6. The van der Waals surface area contributed by atoms with Crippen LogP contribution in [0.2, 0.25) is 0 Å². The highest BCUT2D eigenvalue weighted by Gasteiger charge is 2.18. The van der Waals surface area contributed by atoms with Gasteiger partial charge in [0.2, 0.25) is 0 Å². The quantitative estimate of drug-likeness (QED) is 0.804. The largest absolute Gasteiger partial charge is 0.508 e. The number of benzene rings is 2. The van der Waals surface area contributed by atoms with E-state index in [0.29, 0.717) is 5.75 Å². The molecule has 122 valence electrons. The predicted molar refractivity (Wildman–Crippen MR) is 97.3 cm³/mol. The molecule has 1 fully saturated rings. The van der Waals surface area contributed by atoms with E-state index < -0.39 is 0 Å². The summed E-state index contributed by atoms with van der Waals surface area (Å²) in [7, 11) is 0. The van der Waals surface area contributed by atoms with Crippen molar-refractivity contribution in [2.45, 2.75) is 6.54 Å². The summed E-state index contributed by atoms with van der Waals surface area (Å²) in [5.41, 5.74) is 3.59. The molecular weight excluding hydrogens is 298 g/mol. The topological polar surface area (TPSA) is 39.6 Å². The Morgan fingerprint density at radius 2 is 1.62 bits per heavy atom. The lowest BCUT2D eigenvalue weighted by Gasteiger charge is -2.36. The van der Waals surface area contributed by atoms with Crippen molar-refractivity contribution < 1.29 is 5.11 Å². The van der Waals surface area contributed by atoms with Crippen LogP contribution in [0, 0.1) is 0 Å². The van der Waals surface area contributed by atoms with Gasteiger partial charge in [-0.2, -0.15) is 0 Å². The van der Waals surface area contributed by atoms with Crippen molar-refractivity contribution in [3.8, 4) is 5.75 Å². The molecule has 0 bridgehead atoms. The fourth-order valence-corrected chi connectivity index (χ4v) is 3.36. The van der Waals surface area contributed by atoms with E-state index in [0.717, 1.165) is 38.2 Å². The molecule has 1 aromatic heterocycles. The Morgan fingerprint density at radius 3 is 2.42 bits per heavy atom. The molecule has 0 radical (unpaired) electrons. The molecule has 2 aromatic carbocycles. The van der Waals surface area contributed by atoms with Crippen LogP contribution >= 0.6 is 0 Å².